The van der Waals surface area contributed by atoms with Crippen LogP contribution in [0.3, 0.4) is 0 Å². The Kier molecular flexibility index (Phi) is 5.75. The van der Waals surface area contributed by atoms with Crippen molar-refractivity contribution in [3.63, 3.8) is 0 Å². The van der Waals surface area contributed by atoms with Crippen LogP contribution in [-0.4, -0.2) is 69.0 Å². The van der Waals surface area contributed by atoms with Crippen LogP contribution >= 0.6 is 0 Å². The molecule has 144 valence electrons. The largest absolute Gasteiger partial charge is 0.486 e. The molecule has 0 radical (unpaired) electrons. The summed E-state index contributed by atoms with van der Waals surface area (Å²) in [5.74, 6) is 1.97. The van der Waals surface area contributed by atoms with Crippen LogP contribution in [0.5, 0.6) is 11.5 Å². The highest BCUT2D eigenvalue weighted by Gasteiger charge is 2.34. The van der Waals surface area contributed by atoms with Gasteiger partial charge in [-0.3, -0.25) is 9.89 Å². The number of hydrogen-bond donors (Lipinski definition) is 2. The first kappa shape index (κ1) is 18.6. The quantitative estimate of drug-likeness (QED) is 0.622. The van der Waals surface area contributed by atoms with Gasteiger partial charge in [0, 0.05) is 26.2 Å². The molecule has 0 spiro atoms. The van der Waals surface area contributed by atoms with Gasteiger partial charge in [-0.05, 0) is 18.6 Å². The zero-order chi connectivity index (χ0) is 18.6. The number of aliphatic imine (C=N–C) groups is 1. The van der Waals surface area contributed by atoms with E-state index in [-0.39, 0.29) is 12.1 Å². The number of hydrogen-bond acceptors (Lipinski definition) is 4. The number of benzene rings is 1. The van der Waals surface area contributed by atoms with Crippen LogP contribution in [-0.2, 0) is 0 Å². The van der Waals surface area contributed by atoms with Crippen LogP contribution in [0.4, 0.5) is 13.2 Å². The number of ether oxygens (including phenoxy) is 2. The number of fused-ring (bicyclic) bond motifs is 1. The van der Waals surface area contributed by atoms with Crippen LogP contribution < -0.4 is 20.1 Å². The molecule has 0 amide bonds. The highest BCUT2D eigenvalue weighted by molar-refractivity contribution is 5.80. The number of nitrogens with one attached hydrogen (secondary N) is 2. The molecular formula is C17H23F3N4O2. The summed E-state index contributed by atoms with van der Waals surface area (Å²) in [5, 5.41) is 6.33. The van der Waals surface area contributed by atoms with Crippen LogP contribution in [0.1, 0.15) is 6.42 Å². The van der Waals surface area contributed by atoms with Crippen molar-refractivity contribution in [2.45, 2.75) is 24.7 Å². The Morgan fingerprint density at radius 3 is 2.81 bits per heavy atom. The van der Waals surface area contributed by atoms with Gasteiger partial charge < -0.3 is 20.1 Å². The Bertz CT molecular complexity index is 639. The summed E-state index contributed by atoms with van der Waals surface area (Å²) in [4.78, 5) is 5.54. The van der Waals surface area contributed by atoms with Crippen LogP contribution in [0.2, 0.25) is 0 Å². The molecule has 2 aliphatic heterocycles. The molecule has 6 nitrogen and oxygen atoms in total. The third-order valence-corrected chi connectivity index (χ3v) is 4.30. The lowest BCUT2D eigenvalue weighted by Crippen LogP contribution is -2.49. The van der Waals surface area contributed by atoms with E-state index in [0.29, 0.717) is 44.4 Å². The molecule has 26 heavy (non-hydrogen) atoms. The number of rotatable bonds is 4. The Labute approximate surface area is 150 Å². The molecule has 0 aliphatic carbocycles. The van der Waals surface area contributed by atoms with Crippen LogP contribution in [0.15, 0.2) is 29.3 Å². The molecule has 2 heterocycles. The van der Waals surface area contributed by atoms with Crippen molar-refractivity contribution in [2.24, 2.45) is 4.99 Å². The fourth-order valence-corrected chi connectivity index (χ4v) is 3.11. The van der Waals surface area contributed by atoms with Gasteiger partial charge in [0.2, 0.25) is 0 Å². The number of guanidine groups is 1. The summed E-state index contributed by atoms with van der Waals surface area (Å²) in [6.45, 7) is 0.793. The molecule has 2 unspecified atom stereocenters. The monoisotopic (exact) mass is 372 g/mol. The van der Waals surface area contributed by atoms with Crippen molar-refractivity contribution < 1.29 is 22.6 Å². The first-order chi connectivity index (χ1) is 12.4. The van der Waals surface area contributed by atoms with Crippen molar-refractivity contribution in [2.75, 3.05) is 39.8 Å². The molecule has 1 aromatic rings. The number of halogens is 3. The molecule has 2 aliphatic rings. The summed E-state index contributed by atoms with van der Waals surface area (Å²) in [7, 11) is 1.63. The summed E-state index contributed by atoms with van der Waals surface area (Å²) in [6, 6.07) is 7.41. The SMILES string of the molecule is CN=C(NCC1COc2ccccc2O1)NC1CCN(CC(F)(F)F)C1. The molecule has 1 fully saturated rings. The molecule has 1 saturated heterocycles. The average molecular weight is 372 g/mol. The highest BCUT2D eigenvalue weighted by Crippen LogP contribution is 2.30. The maximum absolute atomic E-state index is 12.5. The molecule has 0 bridgehead atoms. The fourth-order valence-electron chi connectivity index (χ4n) is 3.11. The van der Waals surface area contributed by atoms with E-state index >= 15 is 0 Å². The van der Waals surface area contributed by atoms with E-state index in [1.165, 1.54) is 4.90 Å². The lowest BCUT2D eigenvalue weighted by atomic mass is 10.2. The summed E-state index contributed by atoms with van der Waals surface area (Å²) in [5.41, 5.74) is 0. The maximum Gasteiger partial charge on any atom is 0.401 e. The Hall–Kier alpha value is -2.16. The summed E-state index contributed by atoms with van der Waals surface area (Å²) < 4.78 is 48.9. The minimum absolute atomic E-state index is 0.0622. The summed E-state index contributed by atoms with van der Waals surface area (Å²) >= 11 is 0. The predicted molar refractivity (Wildman–Crippen MR) is 91.8 cm³/mol. The molecule has 2 N–H and O–H groups in total. The zero-order valence-corrected chi connectivity index (χ0v) is 14.6. The minimum atomic E-state index is -4.16. The van der Waals surface area contributed by atoms with Crippen LogP contribution in [0.25, 0.3) is 0 Å². The molecule has 0 aromatic heterocycles. The van der Waals surface area contributed by atoms with Gasteiger partial charge in [-0.25, -0.2) is 0 Å². The normalized spacial score (nSPS) is 23.8. The first-order valence-electron chi connectivity index (χ1n) is 8.58. The predicted octanol–water partition coefficient (Wildman–Crippen LogP) is 1.63. The van der Waals surface area contributed by atoms with E-state index < -0.39 is 12.7 Å². The lowest BCUT2D eigenvalue weighted by Gasteiger charge is -2.27. The molecule has 2 atom stereocenters. The maximum atomic E-state index is 12.5. The van der Waals surface area contributed by atoms with Crippen LogP contribution in [0, 0.1) is 0 Å². The Balaban J connectivity index is 1.43. The minimum Gasteiger partial charge on any atom is -0.486 e. The average Bonchev–Trinajstić information content (AvgIpc) is 3.03. The molecule has 3 rings (SSSR count). The third kappa shape index (κ3) is 5.17. The Morgan fingerprint density at radius 1 is 1.31 bits per heavy atom. The fraction of sp³-hybridized carbons (Fsp3) is 0.588. The number of nitrogens with zero attached hydrogens (tertiary/aromatic N) is 2. The van der Waals surface area contributed by atoms with Gasteiger partial charge in [0.05, 0.1) is 13.1 Å². The van der Waals surface area contributed by atoms with E-state index in [1.807, 2.05) is 24.3 Å². The van der Waals surface area contributed by atoms with E-state index in [2.05, 4.69) is 15.6 Å². The van der Waals surface area contributed by atoms with Gasteiger partial charge in [-0.2, -0.15) is 13.2 Å². The van der Waals surface area contributed by atoms with Gasteiger partial charge in [0.15, 0.2) is 17.5 Å². The molecular weight excluding hydrogens is 349 g/mol. The molecule has 0 saturated carbocycles. The Morgan fingerprint density at radius 2 is 2.08 bits per heavy atom. The molecule has 1 aromatic carbocycles. The lowest BCUT2D eigenvalue weighted by molar-refractivity contribution is -0.143. The second kappa shape index (κ2) is 8.03. The standard InChI is InChI=1S/C17H23F3N4O2/c1-21-16(23-12-6-7-24(9-12)11-17(18,19)20)22-8-13-10-25-14-4-2-3-5-15(14)26-13/h2-5,12-13H,6-11H2,1H3,(H2,21,22,23). The van der Waals surface area contributed by atoms with E-state index in [1.54, 1.807) is 7.05 Å². The number of alkyl halides is 3. The van der Waals surface area contributed by atoms with Gasteiger partial charge in [0.1, 0.15) is 12.7 Å². The first-order valence-corrected chi connectivity index (χ1v) is 8.58. The van der Waals surface area contributed by atoms with Gasteiger partial charge in [-0.15, -0.1) is 0 Å². The zero-order valence-electron chi connectivity index (χ0n) is 14.6. The topological polar surface area (TPSA) is 58.1 Å². The van der Waals surface area contributed by atoms with E-state index in [9.17, 15) is 13.2 Å². The van der Waals surface area contributed by atoms with Gasteiger partial charge >= 0.3 is 6.18 Å². The highest BCUT2D eigenvalue weighted by atomic mass is 19.4. The van der Waals surface area contributed by atoms with Crippen molar-refractivity contribution in [1.29, 1.82) is 0 Å². The van der Waals surface area contributed by atoms with E-state index in [0.717, 1.165) is 5.75 Å². The van der Waals surface area contributed by atoms with Crippen molar-refractivity contribution in [3.8, 4) is 11.5 Å². The smallest absolute Gasteiger partial charge is 0.401 e. The van der Waals surface area contributed by atoms with E-state index in [4.69, 9.17) is 9.47 Å². The third-order valence-electron chi connectivity index (χ3n) is 4.30. The number of likely N-dealkylation sites (tertiary alicyclic amines) is 1. The second-order valence-electron chi connectivity index (χ2n) is 6.43. The van der Waals surface area contributed by atoms with Gasteiger partial charge in [-0.1, -0.05) is 12.1 Å². The summed E-state index contributed by atoms with van der Waals surface area (Å²) in [6.07, 6.45) is -3.69. The van der Waals surface area contributed by atoms with Crippen molar-refractivity contribution >= 4 is 5.96 Å². The number of para-hydroxylation sites is 2. The van der Waals surface area contributed by atoms with Crippen molar-refractivity contribution in [3.05, 3.63) is 24.3 Å². The molecule has 9 heteroatoms. The van der Waals surface area contributed by atoms with Gasteiger partial charge in [0.25, 0.3) is 0 Å². The van der Waals surface area contributed by atoms with Crippen molar-refractivity contribution in [1.82, 2.24) is 15.5 Å². The second-order valence-corrected chi connectivity index (χ2v) is 6.43.